The zero-order valence-electron chi connectivity index (χ0n) is 9.65. The van der Waals surface area contributed by atoms with E-state index in [4.69, 9.17) is 11.6 Å². The molecule has 0 saturated carbocycles. The maximum Gasteiger partial charge on any atom is 0.250 e. The van der Waals surface area contributed by atoms with Crippen LogP contribution in [-0.2, 0) is 10.0 Å². The summed E-state index contributed by atoms with van der Waals surface area (Å²) >= 11 is 6.71. The highest BCUT2D eigenvalue weighted by Gasteiger charge is 2.31. The van der Waals surface area contributed by atoms with E-state index in [1.807, 2.05) is 0 Å². The molecule has 1 aliphatic rings. The van der Waals surface area contributed by atoms with Crippen molar-refractivity contribution in [1.29, 1.82) is 0 Å². The lowest BCUT2D eigenvalue weighted by molar-refractivity contribution is 0.0218. The van der Waals surface area contributed by atoms with Crippen LogP contribution in [0, 0.1) is 0 Å². The van der Waals surface area contributed by atoms with Crippen molar-refractivity contribution in [2.24, 2.45) is 0 Å². The van der Waals surface area contributed by atoms with Gasteiger partial charge >= 0.3 is 0 Å². The Balaban J connectivity index is 2.01. The van der Waals surface area contributed by atoms with E-state index >= 15 is 0 Å². The van der Waals surface area contributed by atoms with E-state index < -0.39 is 15.6 Å². The molecule has 0 aromatic carbocycles. The summed E-state index contributed by atoms with van der Waals surface area (Å²) in [6.45, 7) is 1.27. The molecule has 0 radical (unpaired) electrons. The molecule has 5 nitrogen and oxygen atoms in total. The number of hydrogen-bond donors (Lipinski definition) is 3. The van der Waals surface area contributed by atoms with E-state index in [-0.39, 0.29) is 10.8 Å². The van der Waals surface area contributed by atoms with Crippen LogP contribution in [-0.4, -0.2) is 38.8 Å². The summed E-state index contributed by atoms with van der Waals surface area (Å²) in [5.41, 5.74) is -1.01. The third kappa shape index (κ3) is 3.43. The first kappa shape index (κ1) is 14.2. The van der Waals surface area contributed by atoms with Gasteiger partial charge in [0.25, 0.3) is 0 Å². The lowest BCUT2D eigenvalue weighted by atomic mass is 9.95. The molecular weight excluding hydrogens is 296 g/mol. The molecule has 1 aliphatic heterocycles. The number of β-amino-alcohol motifs (C(OH)–C–C–N with tert-alkyl or cyclic N) is 1. The van der Waals surface area contributed by atoms with Gasteiger partial charge < -0.3 is 10.4 Å². The molecule has 18 heavy (non-hydrogen) atoms. The van der Waals surface area contributed by atoms with Gasteiger partial charge in [0, 0.05) is 13.1 Å². The van der Waals surface area contributed by atoms with Crippen LogP contribution in [0.15, 0.2) is 16.3 Å². The van der Waals surface area contributed by atoms with Gasteiger partial charge in [-0.1, -0.05) is 11.6 Å². The quantitative estimate of drug-likeness (QED) is 0.768. The average Bonchev–Trinajstić information content (AvgIpc) is 2.76. The number of piperidine rings is 1. The summed E-state index contributed by atoms with van der Waals surface area (Å²) in [6, 6.07) is 3.00. The summed E-state index contributed by atoms with van der Waals surface area (Å²) in [6.07, 6.45) is 1.43. The molecule has 0 amide bonds. The molecule has 1 atom stereocenters. The monoisotopic (exact) mass is 310 g/mol. The molecule has 2 heterocycles. The van der Waals surface area contributed by atoms with Crippen LogP contribution in [0.4, 0.5) is 0 Å². The largest absolute Gasteiger partial charge is 0.387 e. The molecule has 1 fully saturated rings. The van der Waals surface area contributed by atoms with E-state index in [0.29, 0.717) is 17.3 Å². The maximum absolute atomic E-state index is 11.9. The van der Waals surface area contributed by atoms with Crippen molar-refractivity contribution >= 4 is 33.0 Å². The third-order valence-electron chi connectivity index (χ3n) is 2.85. The Bertz CT molecular complexity index is 509. The van der Waals surface area contributed by atoms with Crippen LogP contribution in [0.2, 0.25) is 4.34 Å². The van der Waals surface area contributed by atoms with Gasteiger partial charge in [-0.3, -0.25) is 0 Å². The summed E-state index contributed by atoms with van der Waals surface area (Å²) in [5, 5.41) is 13.2. The van der Waals surface area contributed by atoms with Crippen LogP contribution >= 0.6 is 22.9 Å². The number of thiophene rings is 1. The van der Waals surface area contributed by atoms with Crippen molar-refractivity contribution in [1.82, 2.24) is 10.0 Å². The fourth-order valence-corrected chi connectivity index (χ4v) is 4.49. The molecule has 1 saturated heterocycles. The lowest BCUT2D eigenvalue weighted by Crippen LogP contribution is -2.52. The molecule has 0 bridgehead atoms. The zero-order chi connectivity index (χ0) is 13.2. The second-order valence-corrected chi connectivity index (χ2v) is 8.10. The Morgan fingerprint density at radius 3 is 2.89 bits per heavy atom. The molecule has 3 N–H and O–H groups in total. The van der Waals surface area contributed by atoms with Crippen LogP contribution < -0.4 is 10.0 Å². The van der Waals surface area contributed by atoms with Crippen molar-refractivity contribution < 1.29 is 13.5 Å². The Morgan fingerprint density at radius 1 is 1.56 bits per heavy atom. The van der Waals surface area contributed by atoms with Gasteiger partial charge in [-0.05, 0) is 31.5 Å². The smallest absolute Gasteiger partial charge is 0.250 e. The number of rotatable bonds is 4. The Labute approximate surface area is 115 Å². The predicted molar refractivity (Wildman–Crippen MR) is 71.6 cm³/mol. The summed E-state index contributed by atoms with van der Waals surface area (Å²) < 4.78 is 26.9. The fraction of sp³-hybridized carbons (Fsp3) is 0.600. The number of aliphatic hydroxyl groups is 1. The van der Waals surface area contributed by atoms with Gasteiger partial charge in [0.2, 0.25) is 10.0 Å². The van der Waals surface area contributed by atoms with Crippen LogP contribution in [0.5, 0.6) is 0 Å². The van der Waals surface area contributed by atoms with Crippen molar-refractivity contribution in [2.75, 3.05) is 19.6 Å². The second kappa shape index (κ2) is 5.44. The summed E-state index contributed by atoms with van der Waals surface area (Å²) in [7, 11) is -3.58. The van der Waals surface area contributed by atoms with Gasteiger partial charge in [-0.25, -0.2) is 13.1 Å². The topological polar surface area (TPSA) is 78.4 Å². The SMILES string of the molecule is O=S(=O)(NC[C@@]1(O)CCCNC1)c1ccc(Cl)s1. The van der Waals surface area contributed by atoms with Gasteiger partial charge in [0.05, 0.1) is 9.94 Å². The molecular formula is C10H15ClN2O3S2. The van der Waals surface area contributed by atoms with Gasteiger partial charge in [0.1, 0.15) is 4.21 Å². The molecule has 2 rings (SSSR count). The highest BCUT2D eigenvalue weighted by atomic mass is 35.5. The Morgan fingerprint density at radius 2 is 2.33 bits per heavy atom. The highest BCUT2D eigenvalue weighted by molar-refractivity contribution is 7.91. The average molecular weight is 311 g/mol. The second-order valence-electron chi connectivity index (χ2n) is 4.39. The van der Waals surface area contributed by atoms with E-state index in [2.05, 4.69) is 10.0 Å². The van der Waals surface area contributed by atoms with Crippen molar-refractivity contribution in [3.63, 3.8) is 0 Å². The van der Waals surface area contributed by atoms with E-state index in [0.717, 1.165) is 24.3 Å². The van der Waals surface area contributed by atoms with Crippen LogP contribution in [0.1, 0.15) is 12.8 Å². The maximum atomic E-state index is 11.9. The van der Waals surface area contributed by atoms with E-state index in [1.165, 1.54) is 12.1 Å². The van der Waals surface area contributed by atoms with Crippen molar-refractivity contribution in [3.8, 4) is 0 Å². The normalized spacial score (nSPS) is 25.2. The fourth-order valence-electron chi connectivity index (χ4n) is 1.85. The first-order chi connectivity index (χ1) is 8.41. The number of nitrogens with one attached hydrogen (secondary N) is 2. The minimum atomic E-state index is -3.58. The standard InChI is InChI=1S/C10H15ClN2O3S2/c11-8-2-3-9(17-8)18(15,16)13-7-10(14)4-1-5-12-6-10/h2-3,12-14H,1,4-7H2/t10-/m1/s1. The van der Waals surface area contributed by atoms with Gasteiger partial charge in [-0.15, -0.1) is 11.3 Å². The number of sulfonamides is 1. The highest BCUT2D eigenvalue weighted by Crippen LogP contribution is 2.25. The molecule has 8 heteroatoms. The van der Waals surface area contributed by atoms with E-state index in [1.54, 1.807) is 0 Å². The molecule has 0 unspecified atom stereocenters. The minimum absolute atomic E-state index is 0.0118. The van der Waals surface area contributed by atoms with Gasteiger partial charge in [-0.2, -0.15) is 0 Å². The molecule has 1 aromatic heterocycles. The molecule has 0 aliphatic carbocycles. The third-order valence-corrected chi connectivity index (χ3v) is 5.98. The van der Waals surface area contributed by atoms with Gasteiger partial charge in [0.15, 0.2) is 0 Å². The van der Waals surface area contributed by atoms with Crippen LogP contribution in [0.3, 0.4) is 0 Å². The number of halogens is 1. The zero-order valence-corrected chi connectivity index (χ0v) is 12.0. The van der Waals surface area contributed by atoms with Crippen LogP contribution in [0.25, 0.3) is 0 Å². The lowest BCUT2D eigenvalue weighted by Gasteiger charge is -2.32. The Hall–Kier alpha value is -0.180. The minimum Gasteiger partial charge on any atom is -0.387 e. The Kier molecular flexibility index (Phi) is 4.30. The number of hydrogen-bond acceptors (Lipinski definition) is 5. The first-order valence-electron chi connectivity index (χ1n) is 5.59. The molecule has 102 valence electrons. The molecule has 0 spiro atoms. The van der Waals surface area contributed by atoms with Crippen molar-refractivity contribution in [2.45, 2.75) is 22.7 Å². The summed E-state index contributed by atoms with van der Waals surface area (Å²) in [5.74, 6) is 0. The molecule has 1 aromatic rings. The predicted octanol–water partition coefficient (Wildman–Crippen LogP) is 0.794. The summed E-state index contributed by atoms with van der Waals surface area (Å²) in [4.78, 5) is 0. The van der Waals surface area contributed by atoms with Crippen molar-refractivity contribution in [3.05, 3.63) is 16.5 Å². The first-order valence-corrected chi connectivity index (χ1v) is 8.27. The van der Waals surface area contributed by atoms with E-state index in [9.17, 15) is 13.5 Å².